The van der Waals surface area contributed by atoms with E-state index in [0.717, 1.165) is 34.7 Å². The first-order chi connectivity index (χ1) is 12.7. The molecule has 2 amide bonds. The van der Waals surface area contributed by atoms with Crippen LogP contribution in [0.4, 0.5) is 16.2 Å². The summed E-state index contributed by atoms with van der Waals surface area (Å²) in [6.45, 7) is 0.678. The number of hydrogen-bond donors (Lipinski definition) is 1. The van der Waals surface area contributed by atoms with Crippen LogP contribution in [0.3, 0.4) is 0 Å². The number of anilines is 2. The van der Waals surface area contributed by atoms with Crippen molar-refractivity contribution < 1.29 is 9.53 Å². The van der Waals surface area contributed by atoms with Crippen LogP contribution in [0.15, 0.2) is 67.0 Å². The second-order valence-electron chi connectivity index (χ2n) is 6.14. The zero-order valence-electron chi connectivity index (χ0n) is 14.5. The number of amides is 2. The Bertz CT molecular complexity index is 924. The number of benzene rings is 2. The predicted octanol–water partition coefficient (Wildman–Crippen LogP) is 4.35. The number of carbonyl (C=O) groups is 1. The van der Waals surface area contributed by atoms with Crippen molar-refractivity contribution in [1.29, 1.82) is 0 Å². The zero-order valence-corrected chi connectivity index (χ0v) is 14.5. The summed E-state index contributed by atoms with van der Waals surface area (Å²) in [7, 11) is 1.62. The number of nitrogens with zero attached hydrogens (tertiary/aromatic N) is 2. The minimum absolute atomic E-state index is 0.120. The SMILES string of the molecule is COc1ccc(NC(=O)N2CCc3cc(-c4ccncc4)ccc32)cc1. The number of nitrogens with one attached hydrogen (secondary N) is 1. The number of fused-ring (bicyclic) bond motifs is 1. The van der Waals surface area contributed by atoms with Crippen molar-refractivity contribution in [3.05, 3.63) is 72.6 Å². The van der Waals surface area contributed by atoms with Crippen LogP contribution in [0.25, 0.3) is 11.1 Å². The van der Waals surface area contributed by atoms with Gasteiger partial charge in [0.1, 0.15) is 5.75 Å². The average Bonchev–Trinajstić information content (AvgIpc) is 3.12. The lowest BCUT2D eigenvalue weighted by Crippen LogP contribution is -2.33. The molecule has 0 atom stereocenters. The van der Waals surface area contributed by atoms with Crippen LogP contribution >= 0.6 is 0 Å². The van der Waals surface area contributed by atoms with Crippen molar-refractivity contribution in [2.24, 2.45) is 0 Å². The molecule has 5 nitrogen and oxygen atoms in total. The Labute approximate surface area is 152 Å². The number of ether oxygens (including phenoxy) is 1. The summed E-state index contributed by atoms with van der Waals surface area (Å²) in [6, 6.07) is 17.4. The summed E-state index contributed by atoms with van der Waals surface area (Å²) < 4.78 is 5.14. The Morgan fingerprint density at radius 1 is 1.04 bits per heavy atom. The maximum atomic E-state index is 12.7. The van der Waals surface area contributed by atoms with Crippen molar-refractivity contribution in [3.63, 3.8) is 0 Å². The Hall–Kier alpha value is -3.34. The predicted molar refractivity (Wildman–Crippen MR) is 103 cm³/mol. The third-order valence-electron chi connectivity index (χ3n) is 4.58. The van der Waals surface area contributed by atoms with Crippen molar-refractivity contribution in [2.45, 2.75) is 6.42 Å². The standard InChI is InChI=1S/C21H19N3O2/c1-26-19-5-3-18(4-6-19)23-21(25)24-13-10-17-14-16(2-7-20(17)24)15-8-11-22-12-9-15/h2-9,11-12,14H,10,13H2,1H3,(H,23,25). The van der Waals surface area contributed by atoms with Gasteiger partial charge >= 0.3 is 6.03 Å². The largest absolute Gasteiger partial charge is 0.497 e. The smallest absolute Gasteiger partial charge is 0.326 e. The Balaban J connectivity index is 1.52. The summed E-state index contributed by atoms with van der Waals surface area (Å²) >= 11 is 0. The number of pyridine rings is 1. The number of urea groups is 1. The second-order valence-corrected chi connectivity index (χ2v) is 6.14. The molecule has 5 heteroatoms. The van der Waals surface area contributed by atoms with Crippen LogP contribution in [-0.4, -0.2) is 24.7 Å². The van der Waals surface area contributed by atoms with Gasteiger partial charge in [0.15, 0.2) is 0 Å². The molecule has 0 bridgehead atoms. The Morgan fingerprint density at radius 3 is 2.54 bits per heavy atom. The maximum absolute atomic E-state index is 12.7. The van der Waals surface area contributed by atoms with Gasteiger partial charge in [-0.25, -0.2) is 4.79 Å². The highest BCUT2D eigenvalue weighted by Crippen LogP contribution is 2.32. The van der Waals surface area contributed by atoms with E-state index >= 15 is 0 Å². The molecule has 0 unspecified atom stereocenters. The van der Waals surface area contributed by atoms with Crippen LogP contribution in [0.5, 0.6) is 5.75 Å². The van der Waals surface area contributed by atoms with Gasteiger partial charge in [0.2, 0.25) is 0 Å². The number of methoxy groups -OCH3 is 1. The van der Waals surface area contributed by atoms with Gasteiger partial charge < -0.3 is 10.1 Å². The fourth-order valence-electron chi connectivity index (χ4n) is 3.20. The maximum Gasteiger partial charge on any atom is 0.326 e. The van der Waals surface area contributed by atoms with Gasteiger partial charge in [0.25, 0.3) is 0 Å². The van der Waals surface area contributed by atoms with E-state index in [9.17, 15) is 4.79 Å². The molecule has 2 heterocycles. The zero-order chi connectivity index (χ0) is 17.9. The first kappa shape index (κ1) is 16.1. The highest BCUT2D eigenvalue weighted by atomic mass is 16.5. The molecule has 26 heavy (non-hydrogen) atoms. The van der Waals surface area contributed by atoms with E-state index in [4.69, 9.17) is 4.74 Å². The van der Waals surface area contributed by atoms with Crippen LogP contribution < -0.4 is 15.0 Å². The molecule has 2 aromatic carbocycles. The molecule has 1 aromatic heterocycles. The van der Waals surface area contributed by atoms with Gasteiger partial charge in [-0.2, -0.15) is 0 Å². The average molecular weight is 345 g/mol. The first-order valence-electron chi connectivity index (χ1n) is 8.50. The minimum atomic E-state index is -0.120. The minimum Gasteiger partial charge on any atom is -0.497 e. The molecule has 1 aliphatic rings. The quantitative estimate of drug-likeness (QED) is 0.768. The second kappa shape index (κ2) is 6.88. The molecule has 0 fully saturated rings. The lowest BCUT2D eigenvalue weighted by molar-refractivity contribution is 0.257. The first-order valence-corrected chi connectivity index (χ1v) is 8.50. The number of aromatic nitrogens is 1. The summed E-state index contributed by atoms with van der Waals surface area (Å²) in [5.74, 6) is 0.762. The normalized spacial score (nSPS) is 12.6. The van der Waals surface area contributed by atoms with Gasteiger partial charge in [0, 0.05) is 30.3 Å². The molecule has 0 saturated carbocycles. The topological polar surface area (TPSA) is 54.5 Å². The number of rotatable bonds is 3. The molecule has 130 valence electrons. The molecule has 3 aromatic rings. The van der Waals surface area contributed by atoms with E-state index in [0.29, 0.717) is 6.54 Å². The van der Waals surface area contributed by atoms with E-state index in [1.807, 2.05) is 48.5 Å². The molecular formula is C21H19N3O2. The summed E-state index contributed by atoms with van der Waals surface area (Å²) in [4.78, 5) is 18.5. The molecule has 1 N–H and O–H groups in total. The van der Waals surface area contributed by atoms with Crippen LogP contribution in [0, 0.1) is 0 Å². The van der Waals surface area contributed by atoms with Gasteiger partial charge in [-0.1, -0.05) is 6.07 Å². The number of carbonyl (C=O) groups excluding carboxylic acids is 1. The van der Waals surface area contributed by atoms with E-state index < -0.39 is 0 Å². The summed E-state index contributed by atoms with van der Waals surface area (Å²) in [6.07, 6.45) is 4.43. The summed E-state index contributed by atoms with van der Waals surface area (Å²) in [5.41, 5.74) is 5.17. The molecule has 4 rings (SSSR count). The van der Waals surface area contributed by atoms with Gasteiger partial charge in [-0.05, 0) is 71.6 Å². The van der Waals surface area contributed by atoms with Crippen molar-refractivity contribution in [3.8, 4) is 16.9 Å². The molecule has 0 spiro atoms. The van der Waals surface area contributed by atoms with Crippen LogP contribution in [0.2, 0.25) is 0 Å². The molecular weight excluding hydrogens is 326 g/mol. The van der Waals surface area contributed by atoms with Crippen LogP contribution in [-0.2, 0) is 6.42 Å². The van der Waals surface area contributed by atoms with E-state index in [1.165, 1.54) is 5.56 Å². The lowest BCUT2D eigenvalue weighted by Gasteiger charge is -2.18. The summed E-state index contributed by atoms with van der Waals surface area (Å²) in [5, 5.41) is 2.95. The van der Waals surface area contributed by atoms with E-state index in [-0.39, 0.29) is 6.03 Å². The molecule has 0 aliphatic carbocycles. The van der Waals surface area contributed by atoms with Gasteiger partial charge in [-0.3, -0.25) is 9.88 Å². The Kier molecular flexibility index (Phi) is 4.27. The highest BCUT2D eigenvalue weighted by Gasteiger charge is 2.25. The van der Waals surface area contributed by atoms with Gasteiger partial charge in [0.05, 0.1) is 7.11 Å². The van der Waals surface area contributed by atoms with Crippen molar-refractivity contribution in [1.82, 2.24) is 4.98 Å². The third kappa shape index (κ3) is 3.11. The van der Waals surface area contributed by atoms with Gasteiger partial charge in [-0.15, -0.1) is 0 Å². The van der Waals surface area contributed by atoms with Crippen molar-refractivity contribution in [2.75, 3.05) is 23.9 Å². The highest BCUT2D eigenvalue weighted by molar-refractivity contribution is 6.03. The van der Waals surface area contributed by atoms with E-state index in [1.54, 1.807) is 24.4 Å². The number of hydrogen-bond acceptors (Lipinski definition) is 3. The third-order valence-corrected chi connectivity index (χ3v) is 4.58. The van der Waals surface area contributed by atoms with Crippen LogP contribution in [0.1, 0.15) is 5.56 Å². The Morgan fingerprint density at radius 2 is 1.81 bits per heavy atom. The lowest BCUT2D eigenvalue weighted by atomic mass is 10.0. The molecule has 0 radical (unpaired) electrons. The fraction of sp³-hybridized carbons (Fsp3) is 0.143. The molecule has 1 aliphatic heterocycles. The molecule has 0 saturated heterocycles. The monoisotopic (exact) mass is 345 g/mol. The fourth-order valence-corrected chi connectivity index (χ4v) is 3.20. The van der Waals surface area contributed by atoms with Crippen molar-refractivity contribution >= 4 is 17.4 Å². The van der Waals surface area contributed by atoms with E-state index in [2.05, 4.69) is 16.4 Å².